The third-order valence-electron chi connectivity index (χ3n) is 2.19. The Balaban J connectivity index is 2.70. The molecule has 1 aromatic rings. The van der Waals surface area contributed by atoms with Crippen LogP contribution in [0.3, 0.4) is 0 Å². The fourth-order valence-corrected chi connectivity index (χ4v) is 1.31. The van der Waals surface area contributed by atoms with Crippen molar-refractivity contribution in [3.63, 3.8) is 0 Å². The first-order chi connectivity index (χ1) is 6.77. The maximum absolute atomic E-state index is 8.69. The van der Waals surface area contributed by atoms with Crippen LogP contribution >= 0.6 is 0 Å². The van der Waals surface area contributed by atoms with Gasteiger partial charge in [-0.3, -0.25) is 4.98 Å². The molecule has 14 heavy (non-hydrogen) atoms. The number of pyridine rings is 1. The molecule has 0 saturated carbocycles. The van der Waals surface area contributed by atoms with Crippen molar-refractivity contribution in [1.82, 2.24) is 4.98 Å². The largest absolute Gasteiger partial charge is 0.324 e. The molecule has 0 aliphatic rings. The molecule has 0 fully saturated rings. The van der Waals surface area contributed by atoms with E-state index in [1.165, 1.54) is 0 Å². The van der Waals surface area contributed by atoms with E-state index >= 15 is 0 Å². The summed E-state index contributed by atoms with van der Waals surface area (Å²) in [5, 5.41) is 8.69. The van der Waals surface area contributed by atoms with E-state index in [1.54, 1.807) is 12.4 Å². The minimum absolute atomic E-state index is 0.00995. The van der Waals surface area contributed by atoms with E-state index in [1.807, 2.05) is 6.07 Å². The number of hydrogen-bond acceptors (Lipinski definition) is 3. The van der Waals surface area contributed by atoms with Crippen LogP contribution in [-0.4, -0.2) is 4.98 Å². The van der Waals surface area contributed by atoms with Gasteiger partial charge in [0.2, 0.25) is 0 Å². The second-order valence-electron chi connectivity index (χ2n) is 3.37. The number of hydrogen-bond donors (Lipinski definition) is 1. The summed E-state index contributed by atoms with van der Waals surface area (Å²) in [7, 11) is 0. The van der Waals surface area contributed by atoms with Crippen LogP contribution in [0.2, 0.25) is 0 Å². The van der Waals surface area contributed by atoms with Crippen molar-refractivity contribution in [2.75, 3.05) is 0 Å². The highest BCUT2D eigenvalue weighted by Crippen LogP contribution is 2.16. The third-order valence-corrected chi connectivity index (χ3v) is 2.19. The summed E-state index contributed by atoms with van der Waals surface area (Å²) in [6, 6.07) is 3.88. The van der Waals surface area contributed by atoms with Crippen molar-refractivity contribution in [1.29, 1.82) is 5.26 Å². The highest BCUT2D eigenvalue weighted by atomic mass is 14.7. The maximum Gasteiger partial charge on any atom is 0.101 e. The molecule has 2 N–H and O–H groups in total. The standard InChI is InChI=1S/C11H15N3/c1-2-3-4-11(13)10-5-9(6-12)7-14-8-10/h5,7-8,11H,2-4,13H2,1H3. The Morgan fingerprint density at radius 2 is 2.36 bits per heavy atom. The first-order valence-electron chi connectivity index (χ1n) is 4.88. The SMILES string of the molecule is CCCCC(N)c1cncc(C#N)c1. The van der Waals surface area contributed by atoms with Gasteiger partial charge in [-0.05, 0) is 18.1 Å². The zero-order valence-electron chi connectivity index (χ0n) is 8.40. The quantitative estimate of drug-likeness (QED) is 0.789. The molecule has 3 heteroatoms. The molecule has 0 saturated heterocycles. The van der Waals surface area contributed by atoms with Crippen molar-refractivity contribution < 1.29 is 0 Å². The van der Waals surface area contributed by atoms with Gasteiger partial charge in [0, 0.05) is 18.4 Å². The van der Waals surface area contributed by atoms with Crippen molar-refractivity contribution in [3.8, 4) is 6.07 Å². The van der Waals surface area contributed by atoms with Gasteiger partial charge in [0.05, 0.1) is 5.56 Å². The molecule has 0 radical (unpaired) electrons. The van der Waals surface area contributed by atoms with Crippen LogP contribution in [-0.2, 0) is 0 Å². The number of nitrogens with two attached hydrogens (primary N) is 1. The van der Waals surface area contributed by atoms with Gasteiger partial charge in [-0.15, -0.1) is 0 Å². The lowest BCUT2D eigenvalue weighted by Crippen LogP contribution is -2.10. The number of unbranched alkanes of at least 4 members (excludes halogenated alkanes) is 1. The number of nitrogens with zero attached hydrogens (tertiary/aromatic N) is 2. The van der Waals surface area contributed by atoms with Crippen LogP contribution in [0, 0.1) is 11.3 Å². The van der Waals surface area contributed by atoms with Crippen molar-refractivity contribution in [2.24, 2.45) is 5.73 Å². The van der Waals surface area contributed by atoms with E-state index in [9.17, 15) is 0 Å². The molecule has 0 aliphatic heterocycles. The lowest BCUT2D eigenvalue weighted by molar-refractivity contribution is 0.601. The summed E-state index contributed by atoms with van der Waals surface area (Å²) in [6.07, 6.45) is 6.49. The summed E-state index contributed by atoms with van der Waals surface area (Å²) in [5.41, 5.74) is 7.49. The number of rotatable bonds is 4. The Hall–Kier alpha value is -1.40. The molecule has 0 aromatic carbocycles. The molecule has 1 atom stereocenters. The minimum atomic E-state index is 0.00995. The monoisotopic (exact) mass is 189 g/mol. The minimum Gasteiger partial charge on any atom is -0.324 e. The van der Waals surface area contributed by atoms with Crippen LogP contribution in [0.1, 0.15) is 43.4 Å². The van der Waals surface area contributed by atoms with E-state index < -0.39 is 0 Å². The van der Waals surface area contributed by atoms with Crippen molar-refractivity contribution in [3.05, 3.63) is 29.6 Å². The van der Waals surface area contributed by atoms with E-state index in [0.29, 0.717) is 5.56 Å². The van der Waals surface area contributed by atoms with Crippen molar-refractivity contribution >= 4 is 0 Å². The van der Waals surface area contributed by atoms with Crippen LogP contribution in [0.15, 0.2) is 18.5 Å². The van der Waals surface area contributed by atoms with Gasteiger partial charge >= 0.3 is 0 Å². The molecule has 0 aliphatic carbocycles. The molecule has 0 spiro atoms. The van der Waals surface area contributed by atoms with E-state index in [-0.39, 0.29) is 6.04 Å². The van der Waals surface area contributed by atoms with Gasteiger partial charge in [0.15, 0.2) is 0 Å². The third kappa shape index (κ3) is 2.82. The van der Waals surface area contributed by atoms with Gasteiger partial charge in [0.1, 0.15) is 6.07 Å². The normalized spacial score (nSPS) is 12.1. The van der Waals surface area contributed by atoms with Gasteiger partial charge < -0.3 is 5.73 Å². The lowest BCUT2D eigenvalue weighted by atomic mass is 10.0. The maximum atomic E-state index is 8.69. The molecule has 0 amide bonds. The Labute approximate surface area is 84.6 Å². The molecule has 0 bridgehead atoms. The first kappa shape index (κ1) is 10.7. The number of aromatic nitrogens is 1. The molecular weight excluding hydrogens is 174 g/mol. The highest BCUT2D eigenvalue weighted by Gasteiger charge is 2.06. The second kappa shape index (κ2) is 5.36. The average molecular weight is 189 g/mol. The van der Waals surface area contributed by atoms with Crippen LogP contribution in [0.5, 0.6) is 0 Å². The van der Waals surface area contributed by atoms with Crippen LogP contribution < -0.4 is 5.73 Å². The van der Waals surface area contributed by atoms with Crippen LogP contribution in [0.25, 0.3) is 0 Å². The first-order valence-corrected chi connectivity index (χ1v) is 4.88. The zero-order valence-corrected chi connectivity index (χ0v) is 8.40. The van der Waals surface area contributed by atoms with Gasteiger partial charge in [-0.1, -0.05) is 19.8 Å². The average Bonchev–Trinajstić information content (AvgIpc) is 2.26. The molecule has 74 valence electrons. The summed E-state index contributed by atoms with van der Waals surface area (Å²) < 4.78 is 0. The van der Waals surface area contributed by atoms with Crippen LogP contribution in [0.4, 0.5) is 0 Å². The van der Waals surface area contributed by atoms with E-state index in [4.69, 9.17) is 11.0 Å². The molecule has 1 heterocycles. The fraction of sp³-hybridized carbons (Fsp3) is 0.455. The van der Waals surface area contributed by atoms with Crippen molar-refractivity contribution in [2.45, 2.75) is 32.2 Å². The molecule has 1 rings (SSSR count). The lowest BCUT2D eigenvalue weighted by Gasteiger charge is -2.10. The smallest absolute Gasteiger partial charge is 0.101 e. The summed E-state index contributed by atoms with van der Waals surface area (Å²) in [6.45, 7) is 2.14. The highest BCUT2D eigenvalue weighted by molar-refractivity contribution is 5.30. The van der Waals surface area contributed by atoms with Gasteiger partial charge in [-0.25, -0.2) is 0 Å². The molecule has 3 nitrogen and oxygen atoms in total. The Morgan fingerprint density at radius 1 is 1.57 bits per heavy atom. The molecule has 1 unspecified atom stereocenters. The predicted octanol–water partition coefficient (Wildman–Crippen LogP) is 2.14. The Morgan fingerprint density at radius 3 is 3.00 bits per heavy atom. The summed E-state index contributed by atoms with van der Waals surface area (Å²) >= 11 is 0. The molecular formula is C11H15N3. The predicted molar refractivity (Wildman–Crippen MR) is 55.4 cm³/mol. The second-order valence-corrected chi connectivity index (χ2v) is 3.37. The summed E-state index contributed by atoms with van der Waals surface area (Å²) in [4.78, 5) is 3.98. The molecule has 1 aromatic heterocycles. The summed E-state index contributed by atoms with van der Waals surface area (Å²) in [5.74, 6) is 0. The fourth-order valence-electron chi connectivity index (χ4n) is 1.31. The van der Waals surface area contributed by atoms with E-state index in [2.05, 4.69) is 18.0 Å². The zero-order chi connectivity index (χ0) is 10.4. The van der Waals surface area contributed by atoms with Gasteiger partial charge in [-0.2, -0.15) is 5.26 Å². The Bertz CT molecular complexity index is 328. The Kier molecular flexibility index (Phi) is 4.09. The topological polar surface area (TPSA) is 62.7 Å². The number of nitriles is 1. The van der Waals surface area contributed by atoms with E-state index in [0.717, 1.165) is 24.8 Å². The van der Waals surface area contributed by atoms with Gasteiger partial charge in [0.25, 0.3) is 0 Å².